The molecule has 6 nitrogen and oxygen atoms in total. The van der Waals surface area contributed by atoms with Crippen molar-refractivity contribution in [2.75, 3.05) is 13.2 Å². The molecule has 0 bridgehead atoms. The predicted molar refractivity (Wildman–Crippen MR) is 90.2 cm³/mol. The highest BCUT2D eigenvalue weighted by Gasteiger charge is 2.12. The van der Waals surface area contributed by atoms with E-state index < -0.39 is 16.0 Å². The number of halogens is 1. The Balaban J connectivity index is 1.79. The Morgan fingerprint density at radius 2 is 1.88 bits per heavy atom. The van der Waals surface area contributed by atoms with Crippen LogP contribution in [0.25, 0.3) is 0 Å². The van der Waals surface area contributed by atoms with Crippen LogP contribution in [0.3, 0.4) is 0 Å². The molecule has 0 aliphatic heterocycles. The Labute approximate surface area is 145 Å². The first-order valence-corrected chi connectivity index (χ1v) is 8.96. The number of carboxylic acid groups (broad SMARTS) is 1. The Hall–Kier alpha value is -2.09. The van der Waals surface area contributed by atoms with Gasteiger partial charge in [-0.15, -0.1) is 0 Å². The van der Waals surface area contributed by atoms with Gasteiger partial charge in [0, 0.05) is 11.6 Å². The second-order valence-electron chi connectivity index (χ2n) is 4.89. The van der Waals surface area contributed by atoms with Crippen LogP contribution in [0.2, 0.25) is 5.02 Å². The minimum atomic E-state index is -3.58. The second kappa shape index (κ2) is 8.14. The number of hydrogen-bond acceptors (Lipinski definition) is 4. The Morgan fingerprint density at radius 1 is 1.17 bits per heavy atom. The number of carbonyl (C=O) groups is 1. The predicted octanol–water partition coefficient (Wildman–Crippen LogP) is 2.79. The van der Waals surface area contributed by atoms with Crippen molar-refractivity contribution in [1.29, 1.82) is 0 Å². The first kappa shape index (κ1) is 18.3. The summed E-state index contributed by atoms with van der Waals surface area (Å²) in [5.74, 6) is -0.605. The van der Waals surface area contributed by atoms with Gasteiger partial charge in [0.15, 0.2) is 0 Å². The van der Waals surface area contributed by atoms with Crippen molar-refractivity contribution in [3.8, 4) is 5.75 Å². The summed E-state index contributed by atoms with van der Waals surface area (Å²) in [6.45, 7) is 0.454. The van der Waals surface area contributed by atoms with E-state index >= 15 is 0 Å². The van der Waals surface area contributed by atoms with Gasteiger partial charge in [0.2, 0.25) is 10.0 Å². The van der Waals surface area contributed by atoms with Gasteiger partial charge in [-0.05, 0) is 48.9 Å². The number of aromatic carboxylic acids is 1. The summed E-state index contributed by atoms with van der Waals surface area (Å²) in [7, 11) is -3.58. The molecule has 0 amide bonds. The third kappa shape index (κ3) is 5.23. The van der Waals surface area contributed by atoms with E-state index in [2.05, 4.69) is 4.72 Å². The van der Waals surface area contributed by atoms with Gasteiger partial charge in [0.25, 0.3) is 0 Å². The van der Waals surface area contributed by atoms with Gasteiger partial charge in [0.05, 0.1) is 17.1 Å². The van der Waals surface area contributed by atoms with Crippen LogP contribution in [0.15, 0.2) is 53.4 Å². The molecule has 0 atom stereocenters. The molecule has 2 N–H and O–H groups in total. The first-order chi connectivity index (χ1) is 11.4. The maximum Gasteiger partial charge on any atom is 0.335 e. The Bertz CT molecular complexity index is 805. The molecule has 2 rings (SSSR count). The van der Waals surface area contributed by atoms with Gasteiger partial charge in [0.1, 0.15) is 5.75 Å². The third-order valence-corrected chi connectivity index (χ3v) is 4.82. The molecule has 0 radical (unpaired) electrons. The molecule has 0 saturated heterocycles. The highest BCUT2D eigenvalue weighted by Crippen LogP contribution is 2.15. The number of rotatable bonds is 8. The molecule has 0 spiro atoms. The van der Waals surface area contributed by atoms with Gasteiger partial charge in [-0.1, -0.05) is 17.7 Å². The fraction of sp³-hybridized carbons (Fsp3) is 0.188. The molecule has 2 aromatic rings. The van der Waals surface area contributed by atoms with Gasteiger partial charge in [-0.3, -0.25) is 0 Å². The van der Waals surface area contributed by atoms with Crippen molar-refractivity contribution in [3.63, 3.8) is 0 Å². The Kier molecular flexibility index (Phi) is 6.19. The van der Waals surface area contributed by atoms with Crippen molar-refractivity contribution < 1.29 is 23.1 Å². The summed E-state index contributed by atoms with van der Waals surface area (Å²) >= 11 is 5.73. The minimum absolute atomic E-state index is 0.135. The van der Waals surface area contributed by atoms with Crippen molar-refractivity contribution in [1.82, 2.24) is 4.72 Å². The molecule has 8 heteroatoms. The smallest absolute Gasteiger partial charge is 0.335 e. The van der Waals surface area contributed by atoms with Crippen molar-refractivity contribution in [2.45, 2.75) is 11.3 Å². The average Bonchev–Trinajstić information content (AvgIpc) is 2.55. The fourth-order valence-electron chi connectivity index (χ4n) is 1.88. The van der Waals surface area contributed by atoms with E-state index in [1.54, 1.807) is 12.1 Å². The zero-order valence-electron chi connectivity index (χ0n) is 12.6. The molecule has 0 fully saturated rings. The lowest BCUT2D eigenvalue weighted by Gasteiger charge is -2.09. The van der Waals surface area contributed by atoms with Crippen LogP contribution >= 0.6 is 11.6 Å². The van der Waals surface area contributed by atoms with Gasteiger partial charge < -0.3 is 9.84 Å². The van der Waals surface area contributed by atoms with E-state index in [4.69, 9.17) is 21.4 Å². The van der Waals surface area contributed by atoms with Crippen LogP contribution in [0.5, 0.6) is 5.75 Å². The summed E-state index contributed by atoms with van der Waals surface area (Å²) in [5, 5.41) is 9.36. The monoisotopic (exact) mass is 369 g/mol. The molecule has 24 heavy (non-hydrogen) atoms. The number of ether oxygens (including phenoxy) is 1. The second-order valence-corrected chi connectivity index (χ2v) is 7.09. The van der Waals surface area contributed by atoms with E-state index in [0.29, 0.717) is 17.2 Å². The lowest BCUT2D eigenvalue weighted by molar-refractivity contribution is 0.0696. The molecule has 0 aliphatic carbocycles. The van der Waals surface area contributed by atoms with Gasteiger partial charge in [-0.25, -0.2) is 17.9 Å². The zero-order chi connectivity index (χ0) is 17.6. The summed E-state index contributed by atoms with van der Waals surface area (Å²) in [6, 6.07) is 12.0. The van der Waals surface area contributed by atoms with Gasteiger partial charge in [-0.2, -0.15) is 0 Å². The number of nitrogens with one attached hydrogen (secondary N) is 1. The molecule has 128 valence electrons. The molecule has 0 heterocycles. The molecule has 0 aromatic heterocycles. The molecule has 0 saturated carbocycles. The van der Waals surface area contributed by atoms with E-state index in [0.717, 1.165) is 0 Å². The van der Waals surface area contributed by atoms with E-state index in [9.17, 15) is 13.2 Å². The minimum Gasteiger partial charge on any atom is -0.494 e. The third-order valence-electron chi connectivity index (χ3n) is 3.09. The lowest BCUT2D eigenvalue weighted by atomic mass is 10.2. The summed E-state index contributed by atoms with van der Waals surface area (Å²) in [6.07, 6.45) is 0.435. The number of carboxylic acids is 1. The van der Waals surface area contributed by atoms with Crippen LogP contribution in [-0.2, 0) is 10.0 Å². The molecule has 2 aromatic carbocycles. The van der Waals surface area contributed by atoms with Gasteiger partial charge >= 0.3 is 5.97 Å². The van der Waals surface area contributed by atoms with Crippen LogP contribution in [-0.4, -0.2) is 32.6 Å². The van der Waals surface area contributed by atoms with E-state index in [-0.39, 0.29) is 23.6 Å². The van der Waals surface area contributed by atoms with Crippen molar-refractivity contribution in [2.24, 2.45) is 0 Å². The molecular weight excluding hydrogens is 354 g/mol. The maximum atomic E-state index is 12.0. The average molecular weight is 370 g/mol. The number of benzene rings is 2. The highest BCUT2D eigenvalue weighted by atomic mass is 35.5. The van der Waals surface area contributed by atoms with Crippen molar-refractivity contribution >= 4 is 27.6 Å². The number of sulfonamides is 1. The maximum absolute atomic E-state index is 12.0. The SMILES string of the molecule is O=C(O)c1cccc(OCCCNS(=O)(=O)c2ccc(Cl)cc2)c1. The lowest BCUT2D eigenvalue weighted by Crippen LogP contribution is -2.25. The van der Waals surface area contributed by atoms with Crippen LogP contribution in [0.1, 0.15) is 16.8 Å². The normalized spacial score (nSPS) is 11.2. The number of hydrogen-bond donors (Lipinski definition) is 2. The van der Waals surface area contributed by atoms with Crippen LogP contribution in [0.4, 0.5) is 0 Å². The molecular formula is C16H16ClNO5S. The molecule has 0 aliphatic rings. The Morgan fingerprint density at radius 3 is 2.54 bits per heavy atom. The van der Waals surface area contributed by atoms with Crippen molar-refractivity contribution in [3.05, 3.63) is 59.1 Å². The quantitative estimate of drug-likeness (QED) is 0.698. The summed E-state index contributed by atoms with van der Waals surface area (Å²) in [5.41, 5.74) is 0.135. The van der Waals surface area contributed by atoms with Crippen LogP contribution < -0.4 is 9.46 Å². The van der Waals surface area contributed by atoms with E-state index in [1.165, 1.54) is 36.4 Å². The van der Waals surface area contributed by atoms with E-state index in [1.807, 2.05) is 0 Å². The topological polar surface area (TPSA) is 92.7 Å². The van der Waals surface area contributed by atoms with Crippen LogP contribution in [0, 0.1) is 0 Å². The fourth-order valence-corrected chi connectivity index (χ4v) is 3.08. The first-order valence-electron chi connectivity index (χ1n) is 7.10. The summed E-state index contributed by atoms with van der Waals surface area (Å²) < 4.78 is 32.0. The largest absolute Gasteiger partial charge is 0.494 e. The molecule has 0 unspecified atom stereocenters. The standard InChI is InChI=1S/C16H16ClNO5S/c17-13-5-7-15(8-6-13)24(21,22)18-9-2-10-23-14-4-1-3-12(11-14)16(19)20/h1,3-8,11,18H,2,9-10H2,(H,19,20). The zero-order valence-corrected chi connectivity index (χ0v) is 14.2. The highest BCUT2D eigenvalue weighted by molar-refractivity contribution is 7.89. The summed E-state index contributed by atoms with van der Waals surface area (Å²) in [4.78, 5) is 11.0.